The zero-order valence-corrected chi connectivity index (χ0v) is 9.09. The third kappa shape index (κ3) is 2.83. The number of hydrogen-bond acceptors (Lipinski definition) is 2. The maximum Gasteiger partial charge on any atom is 0.230 e. The van der Waals surface area contributed by atoms with E-state index < -0.39 is 0 Å². The molecule has 0 fully saturated rings. The Hall–Kier alpha value is -1.38. The third-order valence-electron chi connectivity index (χ3n) is 1.84. The Morgan fingerprint density at radius 2 is 2.07 bits per heavy atom. The summed E-state index contributed by atoms with van der Waals surface area (Å²) in [7, 11) is 0. The first-order valence-electron chi connectivity index (χ1n) is 4.64. The number of hydrogen-bond donors (Lipinski definition) is 1. The Morgan fingerprint density at radius 3 is 2.57 bits per heavy atom. The van der Waals surface area contributed by atoms with Crippen molar-refractivity contribution < 1.29 is 4.79 Å². The standard InChI is InChI=1S/C11H16N2O/c1-8-5-6-12-9(7-8)13-10(14)11(2,3)4/h5-7H,1-4H3,(H,12,13,14). The maximum absolute atomic E-state index is 11.6. The first-order chi connectivity index (χ1) is 6.39. The van der Waals surface area contributed by atoms with E-state index in [0.29, 0.717) is 5.82 Å². The van der Waals surface area contributed by atoms with Crippen molar-refractivity contribution in [2.75, 3.05) is 5.32 Å². The lowest BCUT2D eigenvalue weighted by atomic mass is 9.96. The molecular weight excluding hydrogens is 176 g/mol. The summed E-state index contributed by atoms with van der Waals surface area (Å²) in [6.07, 6.45) is 1.69. The molecule has 0 aromatic carbocycles. The number of nitrogens with zero attached hydrogens (tertiary/aromatic N) is 1. The molecule has 0 atom stereocenters. The van der Waals surface area contributed by atoms with E-state index in [2.05, 4.69) is 10.3 Å². The van der Waals surface area contributed by atoms with Gasteiger partial charge in [0.25, 0.3) is 0 Å². The van der Waals surface area contributed by atoms with Gasteiger partial charge in [0.05, 0.1) is 0 Å². The van der Waals surface area contributed by atoms with Crippen molar-refractivity contribution in [2.45, 2.75) is 27.7 Å². The number of pyridine rings is 1. The summed E-state index contributed by atoms with van der Waals surface area (Å²) in [5.74, 6) is 0.598. The zero-order valence-electron chi connectivity index (χ0n) is 9.09. The van der Waals surface area contributed by atoms with Gasteiger partial charge in [-0.15, -0.1) is 0 Å². The van der Waals surface area contributed by atoms with Gasteiger partial charge in [0, 0.05) is 11.6 Å². The van der Waals surface area contributed by atoms with Gasteiger partial charge in [-0.05, 0) is 24.6 Å². The summed E-state index contributed by atoms with van der Waals surface area (Å²) in [6, 6.07) is 3.75. The van der Waals surface area contributed by atoms with Gasteiger partial charge in [-0.25, -0.2) is 4.98 Å². The fraction of sp³-hybridized carbons (Fsp3) is 0.455. The van der Waals surface area contributed by atoms with Crippen molar-refractivity contribution in [1.82, 2.24) is 4.98 Å². The molecule has 14 heavy (non-hydrogen) atoms. The Kier molecular flexibility index (Phi) is 2.89. The highest BCUT2D eigenvalue weighted by atomic mass is 16.2. The van der Waals surface area contributed by atoms with Crippen molar-refractivity contribution in [1.29, 1.82) is 0 Å². The molecule has 76 valence electrons. The fourth-order valence-corrected chi connectivity index (χ4v) is 0.908. The van der Waals surface area contributed by atoms with Crippen molar-refractivity contribution in [3.8, 4) is 0 Å². The van der Waals surface area contributed by atoms with Crippen LogP contribution in [0.5, 0.6) is 0 Å². The molecule has 3 heteroatoms. The fourth-order valence-electron chi connectivity index (χ4n) is 0.908. The van der Waals surface area contributed by atoms with Crippen LogP contribution in [0.25, 0.3) is 0 Å². The van der Waals surface area contributed by atoms with Crippen LogP contribution in [0.1, 0.15) is 26.3 Å². The minimum atomic E-state index is -0.384. The zero-order chi connectivity index (χ0) is 10.8. The van der Waals surface area contributed by atoms with E-state index in [0.717, 1.165) is 5.56 Å². The summed E-state index contributed by atoms with van der Waals surface area (Å²) in [5, 5.41) is 2.77. The average Bonchev–Trinajstić information content (AvgIpc) is 2.02. The Balaban J connectivity index is 2.75. The van der Waals surface area contributed by atoms with Crippen molar-refractivity contribution in [3.05, 3.63) is 23.9 Å². The monoisotopic (exact) mass is 192 g/mol. The lowest BCUT2D eigenvalue weighted by Gasteiger charge is -2.17. The van der Waals surface area contributed by atoms with Gasteiger partial charge in [0.2, 0.25) is 5.91 Å². The molecule has 3 nitrogen and oxygen atoms in total. The van der Waals surface area contributed by atoms with E-state index in [-0.39, 0.29) is 11.3 Å². The Bertz CT molecular complexity index is 339. The Morgan fingerprint density at radius 1 is 1.43 bits per heavy atom. The second-order valence-electron chi connectivity index (χ2n) is 4.42. The molecular formula is C11H16N2O. The predicted molar refractivity (Wildman–Crippen MR) is 57.1 cm³/mol. The average molecular weight is 192 g/mol. The molecule has 1 N–H and O–H groups in total. The number of aryl methyl sites for hydroxylation is 1. The number of carbonyl (C=O) groups excluding carboxylic acids is 1. The first-order valence-corrected chi connectivity index (χ1v) is 4.64. The van der Waals surface area contributed by atoms with E-state index in [1.54, 1.807) is 6.20 Å². The van der Waals surface area contributed by atoms with Gasteiger partial charge >= 0.3 is 0 Å². The minimum Gasteiger partial charge on any atom is -0.310 e. The van der Waals surface area contributed by atoms with Gasteiger partial charge in [0.1, 0.15) is 5.82 Å². The summed E-state index contributed by atoms with van der Waals surface area (Å²) >= 11 is 0. The van der Waals surface area contributed by atoms with Crippen LogP contribution in [-0.2, 0) is 4.79 Å². The van der Waals surface area contributed by atoms with Crippen LogP contribution in [0, 0.1) is 12.3 Å². The summed E-state index contributed by atoms with van der Waals surface area (Å²) < 4.78 is 0. The van der Waals surface area contributed by atoms with Gasteiger partial charge in [-0.3, -0.25) is 4.79 Å². The van der Waals surface area contributed by atoms with Gasteiger partial charge in [-0.2, -0.15) is 0 Å². The molecule has 1 heterocycles. The van der Waals surface area contributed by atoms with Crippen molar-refractivity contribution >= 4 is 11.7 Å². The predicted octanol–water partition coefficient (Wildman–Crippen LogP) is 2.37. The Labute approximate surface area is 84.6 Å². The van der Waals surface area contributed by atoms with Crippen LogP contribution in [0.15, 0.2) is 18.3 Å². The lowest BCUT2D eigenvalue weighted by molar-refractivity contribution is -0.123. The molecule has 1 aromatic heterocycles. The highest BCUT2D eigenvalue weighted by Crippen LogP contribution is 2.16. The number of aromatic nitrogens is 1. The van der Waals surface area contributed by atoms with Crippen LogP contribution >= 0.6 is 0 Å². The maximum atomic E-state index is 11.6. The molecule has 0 aliphatic heterocycles. The third-order valence-corrected chi connectivity index (χ3v) is 1.84. The van der Waals surface area contributed by atoms with E-state index in [1.807, 2.05) is 39.8 Å². The van der Waals surface area contributed by atoms with Gasteiger partial charge in [0.15, 0.2) is 0 Å². The van der Waals surface area contributed by atoms with Crippen LogP contribution < -0.4 is 5.32 Å². The van der Waals surface area contributed by atoms with E-state index in [9.17, 15) is 4.79 Å². The van der Waals surface area contributed by atoms with Gasteiger partial charge < -0.3 is 5.32 Å². The number of anilines is 1. The van der Waals surface area contributed by atoms with Crippen LogP contribution in [0.3, 0.4) is 0 Å². The second-order valence-corrected chi connectivity index (χ2v) is 4.42. The molecule has 0 aliphatic rings. The molecule has 0 radical (unpaired) electrons. The number of nitrogens with one attached hydrogen (secondary N) is 1. The smallest absolute Gasteiger partial charge is 0.230 e. The number of carbonyl (C=O) groups is 1. The lowest BCUT2D eigenvalue weighted by Crippen LogP contribution is -2.28. The summed E-state index contributed by atoms with van der Waals surface area (Å²) in [5.41, 5.74) is 0.704. The normalized spacial score (nSPS) is 11.1. The molecule has 1 aromatic rings. The van der Waals surface area contributed by atoms with Crippen molar-refractivity contribution in [2.24, 2.45) is 5.41 Å². The molecule has 0 saturated heterocycles. The molecule has 0 saturated carbocycles. The SMILES string of the molecule is Cc1ccnc(NC(=O)C(C)(C)C)c1. The molecule has 1 rings (SSSR count). The van der Waals surface area contributed by atoms with E-state index in [4.69, 9.17) is 0 Å². The topological polar surface area (TPSA) is 42.0 Å². The second kappa shape index (κ2) is 3.78. The molecule has 0 spiro atoms. The molecule has 0 bridgehead atoms. The molecule has 1 amide bonds. The minimum absolute atomic E-state index is 0.0180. The molecule has 0 unspecified atom stereocenters. The first kappa shape index (κ1) is 10.7. The molecule has 0 aliphatic carbocycles. The van der Waals surface area contributed by atoms with E-state index >= 15 is 0 Å². The van der Waals surface area contributed by atoms with Crippen LogP contribution in [-0.4, -0.2) is 10.9 Å². The van der Waals surface area contributed by atoms with Crippen molar-refractivity contribution in [3.63, 3.8) is 0 Å². The number of rotatable bonds is 1. The van der Waals surface area contributed by atoms with Crippen LogP contribution in [0.4, 0.5) is 5.82 Å². The van der Waals surface area contributed by atoms with Gasteiger partial charge in [-0.1, -0.05) is 20.8 Å². The summed E-state index contributed by atoms with van der Waals surface area (Å²) in [4.78, 5) is 15.7. The number of amides is 1. The quantitative estimate of drug-likeness (QED) is 0.742. The van der Waals surface area contributed by atoms with E-state index in [1.165, 1.54) is 0 Å². The highest BCUT2D eigenvalue weighted by molar-refractivity contribution is 5.93. The van der Waals surface area contributed by atoms with Crippen LogP contribution in [0.2, 0.25) is 0 Å². The summed E-state index contributed by atoms with van der Waals surface area (Å²) in [6.45, 7) is 7.59. The largest absolute Gasteiger partial charge is 0.310 e. The highest BCUT2D eigenvalue weighted by Gasteiger charge is 2.21.